The summed E-state index contributed by atoms with van der Waals surface area (Å²) in [5.41, 5.74) is 0.0146. The van der Waals surface area contributed by atoms with Gasteiger partial charge in [0.15, 0.2) is 0 Å². The fraction of sp³-hybridized carbons (Fsp3) is 1.00. The highest BCUT2D eigenvalue weighted by Gasteiger charge is 2.23. The third-order valence-corrected chi connectivity index (χ3v) is 3.55. The average Bonchev–Trinajstić information content (AvgIpc) is 1.99. The molecule has 0 radical (unpaired) electrons. The normalized spacial score (nSPS) is 13.6. The van der Waals surface area contributed by atoms with Crippen molar-refractivity contribution in [2.75, 3.05) is 6.54 Å². The Morgan fingerprint density at radius 2 is 1.54 bits per heavy atom. The first-order valence-corrected chi connectivity index (χ1v) is 5.92. The molecule has 0 aromatic heterocycles. The Morgan fingerprint density at radius 1 is 1.15 bits per heavy atom. The van der Waals surface area contributed by atoms with Crippen molar-refractivity contribution in [3.63, 3.8) is 0 Å². The van der Waals surface area contributed by atoms with E-state index in [2.05, 4.69) is 46.4 Å². The molecule has 0 aliphatic rings. The number of rotatable bonds is 5. The van der Waals surface area contributed by atoms with E-state index in [0.717, 1.165) is 17.0 Å². The molecule has 0 saturated carbocycles. The van der Waals surface area contributed by atoms with Crippen LogP contribution in [-0.4, -0.2) is 39.6 Å². The number of hydrogen-bond acceptors (Lipinski definition) is 2. The van der Waals surface area contributed by atoms with Gasteiger partial charge in [0, 0.05) is 18.6 Å². The van der Waals surface area contributed by atoms with Crippen LogP contribution < -0.4 is 0 Å². The fourth-order valence-electron chi connectivity index (χ4n) is 1.47. The van der Waals surface area contributed by atoms with Crippen LogP contribution >= 0.6 is 0 Å². The second kappa shape index (κ2) is 5.13. The van der Waals surface area contributed by atoms with Crippen molar-refractivity contribution >= 4 is 10.5 Å². The molecule has 0 bridgehead atoms. The van der Waals surface area contributed by atoms with Crippen LogP contribution in [0.15, 0.2) is 0 Å². The maximum Gasteiger partial charge on any atom is 0.146 e. The van der Waals surface area contributed by atoms with Crippen molar-refractivity contribution in [3.8, 4) is 0 Å². The average molecular weight is 203 g/mol. The number of nitrogens with zero attached hydrogens (tertiary/aromatic N) is 1. The van der Waals surface area contributed by atoms with Gasteiger partial charge in [0.05, 0.1) is 5.60 Å². The maximum absolute atomic E-state index is 5.57. The van der Waals surface area contributed by atoms with Crippen LogP contribution in [0.25, 0.3) is 0 Å². The van der Waals surface area contributed by atoms with Gasteiger partial charge >= 0.3 is 0 Å². The second-order valence-electron chi connectivity index (χ2n) is 4.82. The first-order chi connectivity index (χ1) is 5.80. The lowest BCUT2D eigenvalue weighted by atomic mass is 10.1. The molecule has 0 spiro atoms. The molecular weight excluding hydrogens is 178 g/mol. The standard InChI is InChI=1S/C10H25NOSi/c1-8(2)11(9(3)4)7-10(5,6)12-13/h8-9H,7H2,1-6,13H3. The first-order valence-electron chi connectivity index (χ1n) is 5.11. The van der Waals surface area contributed by atoms with E-state index in [1.54, 1.807) is 0 Å². The van der Waals surface area contributed by atoms with Crippen LogP contribution in [0.5, 0.6) is 0 Å². The van der Waals surface area contributed by atoms with Crippen molar-refractivity contribution in [2.45, 2.75) is 59.2 Å². The fourth-order valence-corrected chi connectivity index (χ4v) is 1.59. The molecule has 0 aromatic rings. The summed E-state index contributed by atoms with van der Waals surface area (Å²) in [6, 6.07) is 1.19. The van der Waals surface area contributed by atoms with Gasteiger partial charge < -0.3 is 4.43 Å². The molecule has 0 atom stereocenters. The van der Waals surface area contributed by atoms with Crippen LogP contribution in [0.2, 0.25) is 0 Å². The van der Waals surface area contributed by atoms with Crippen LogP contribution in [0.1, 0.15) is 41.5 Å². The summed E-state index contributed by atoms with van der Waals surface area (Å²) in [6.45, 7) is 14.3. The molecule has 3 heteroatoms. The molecule has 0 aromatic carbocycles. The quantitative estimate of drug-likeness (QED) is 0.622. The van der Waals surface area contributed by atoms with Crippen molar-refractivity contribution in [3.05, 3.63) is 0 Å². The zero-order valence-electron chi connectivity index (χ0n) is 10.2. The Bertz CT molecular complexity index is 138. The summed E-state index contributed by atoms with van der Waals surface area (Å²) in [5, 5.41) is 0. The summed E-state index contributed by atoms with van der Waals surface area (Å²) in [4.78, 5) is 2.47. The van der Waals surface area contributed by atoms with Crippen LogP contribution in [0, 0.1) is 0 Å². The van der Waals surface area contributed by atoms with Gasteiger partial charge in [-0.3, -0.25) is 4.90 Å². The highest BCUT2D eigenvalue weighted by Crippen LogP contribution is 2.14. The Balaban J connectivity index is 4.26. The summed E-state index contributed by atoms with van der Waals surface area (Å²) in [6.07, 6.45) is 0. The van der Waals surface area contributed by atoms with Gasteiger partial charge in [-0.1, -0.05) is 0 Å². The molecule has 2 nitrogen and oxygen atoms in total. The van der Waals surface area contributed by atoms with Gasteiger partial charge in [-0.15, -0.1) is 0 Å². The Hall–Kier alpha value is 0.137. The molecule has 0 aliphatic carbocycles. The van der Waals surface area contributed by atoms with Gasteiger partial charge in [0.1, 0.15) is 10.5 Å². The zero-order valence-corrected chi connectivity index (χ0v) is 12.2. The lowest BCUT2D eigenvalue weighted by molar-refractivity contribution is 0.0391. The molecule has 0 fully saturated rings. The SMILES string of the molecule is CC(C)N(CC(C)(C)O[SiH3])C(C)C. The lowest BCUT2D eigenvalue weighted by Gasteiger charge is -2.37. The van der Waals surface area contributed by atoms with E-state index in [1.807, 2.05) is 0 Å². The van der Waals surface area contributed by atoms with E-state index >= 15 is 0 Å². The van der Waals surface area contributed by atoms with Gasteiger partial charge in [0.2, 0.25) is 0 Å². The zero-order chi connectivity index (χ0) is 10.6. The molecule has 0 unspecified atom stereocenters. The maximum atomic E-state index is 5.57. The molecule has 80 valence electrons. The summed E-state index contributed by atoms with van der Waals surface area (Å²) < 4.78 is 5.57. The monoisotopic (exact) mass is 203 g/mol. The van der Waals surface area contributed by atoms with Crippen molar-refractivity contribution in [2.24, 2.45) is 0 Å². The highest BCUT2D eigenvalue weighted by atomic mass is 28.2. The third-order valence-electron chi connectivity index (χ3n) is 2.44. The van der Waals surface area contributed by atoms with Crippen molar-refractivity contribution < 1.29 is 4.43 Å². The van der Waals surface area contributed by atoms with Crippen molar-refractivity contribution in [1.29, 1.82) is 0 Å². The van der Waals surface area contributed by atoms with Gasteiger partial charge in [0.25, 0.3) is 0 Å². The Morgan fingerprint density at radius 3 is 1.77 bits per heavy atom. The van der Waals surface area contributed by atoms with Gasteiger partial charge in [-0.2, -0.15) is 0 Å². The van der Waals surface area contributed by atoms with E-state index in [4.69, 9.17) is 4.43 Å². The summed E-state index contributed by atoms with van der Waals surface area (Å²) in [7, 11) is 0.818. The van der Waals surface area contributed by atoms with Crippen LogP contribution in [0.3, 0.4) is 0 Å². The Labute approximate surface area is 86.2 Å². The predicted octanol–water partition coefficient (Wildman–Crippen LogP) is 1.18. The Kier molecular flexibility index (Phi) is 5.18. The predicted molar refractivity (Wildman–Crippen MR) is 62.1 cm³/mol. The molecule has 0 amide bonds. The van der Waals surface area contributed by atoms with E-state index in [0.29, 0.717) is 12.1 Å². The van der Waals surface area contributed by atoms with Crippen molar-refractivity contribution in [1.82, 2.24) is 4.90 Å². The largest absolute Gasteiger partial charge is 0.422 e. The summed E-state index contributed by atoms with van der Waals surface area (Å²) in [5.74, 6) is 0. The molecule has 0 rings (SSSR count). The molecule has 0 heterocycles. The molecule has 0 saturated heterocycles. The third kappa shape index (κ3) is 4.79. The van der Waals surface area contributed by atoms with Crippen LogP contribution in [-0.2, 0) is 4.43 Å². The van der Waals surface area contributed by atoms with Gasteiger partial charge in [-0.05, 0) is 41.5 Å². The lowest BCUT2D eigenvalue weighted by Crippen LogP contribution is -2.46. The topological polar surface area (TPSA) is 12.5 Å². The highest BCUT2D eigenvalue weighted by molar-refractivity contribution is 5.98. The number of hydrogen-bond donors (Lipinski definition) is 0. The van der Waals surface area contributed by atoms with E-state index < -0.39 is 0 Å². The minimum absolute atomic E-state index is 0.0146. The minimum atomic E-state index is 0.0146. The first kappa shape index (κ1) is 13.1. The minimum Gasteiger partial charge on any atom is -0.422 e. The van der Waals surface area contributed by atoms with Gasteiger partial charge in [-0.25, -0.2) is 0 Å². The van der Waals surface area contributed by atoms with E-state index in [1.165, 1.54) is 0 Å². The smallest absolute Gasteiger partial charge is 0.146 e. The molecule has 0 N–H and O–H groups in total. The molecule has 13 heavy (non-hydrogen) atoms. The molecular formula is C10H25NOSi. The summed E-state index contributed by atoms with van der Waals surface area (Å²) >= 11 is 0. The molecule has 0 aliphatic heterocycles. The second-order valence-corrected chi connectivity index (χ2v) is 5.23. The van der Waals surface area contributed by atoms with E-state index in [9.17, 15) is 0 Å². The van der Waals surface area contributed by atoms with Crippen LogP contribution in [0.4, 0.5) is 0 Å². The van der Waals surface area contributed by atoms with E-state index in [-0.39, 0.29) is 5.60 Å².